The van der Waals surface area contributed by atoms with Gasteiger partial charge in [0.2, 0.25) is 0 Å². The van der Waals surface area contributed by atoms with Crippen LogP contribution in [0.5, 0.6) is 5.75 Å². The summed E-state index contributed by atoms with van der Waals surface area (Å²) in [4.78, 5) is 0. The third-order valence-electron chi connectivity index (χ3n) is 4.47. The molecule has 112 valence electrons. The molecule has 0 bridgehead atoms. The second-order valence-electron chi connectivity index (χ2n) is 5.78. The first-order valence-corrected chi connectivity index (χ1v) is 7.39. The highest BCUT2D eigenvalue weighted by Gasteiger charge is 2.26. The van der Waals surface area contributed by atoms with Gasteiger partial charge < -0.3 is 10.5 Å². The van der Waals surface area contributed by atoms with Gasteiger partial charge in [0.25, 0.3) is 0 Å². The van der Waals surface area contributed by atoms with Crippen LogP contribution in [0.2, 0.25) is 0 Å². The van der Waals surface area contributed by atoms with Crippen molar-refractivity contribution in [2.24, 2.45) is 11.8 Å². The molecule has 0 amide bonds. The molecule has 1 aliphatic carbocycles. The van der Waals surface area contributed by atoms with Crippen LogP contribution < -0.4 is 10.5 Å². The van der Waals surface area contributed by atoms with Gasteiger partial charge in [-0.05, 0) is 40.8 Å². The van der Waals surface area contributed by atoms with Gasteiger partial charge in [0.1, 0.15) is 0 Å². The molecule has 21 heavy (non-hydrogen) atoms. The number of benzene rings is 1. The molecule has 0 aliphatic heterocycles. The zero-order chi connectivity index (χ0) is 14.8. The third kappa shape index (κ3) is 2.57. The summed E-state index contributed by atoms with van der Waals surface area (Å²) >= 11 is 0. The van der Waals surface area contributed by atoms with Crippen molar-refractivity contribution < 1.29 is 4.74 Å². The fourth-order valence-electron chi connectivity index (χ4n) is 3.19. The van der Waals surface area contributed by atoms with Gasteiger partial charge in [0, 0.05) is 6.54 Å². The van der Waals surface area contributed by atoms with E-state index in [0.717, 1.165) is 23.9 Å². The maximum atomic E-state index is 5.97. The molecule has 2 atom stereocenters. The molecule has 0 spiro atoms. The van der Waals surface area contributed by atoms with E-state index in [9.17, 15) is 0 Å². The fourth-order valence-corrected chi connectivity index (χ4v) is 3.19. The van der Waals surface area contributed by atoms with Crippen LogP contribution in [0.15, 0.2) is 18.2 Å². The molecule has 0 radical (unpaired) electrons. The lowest BCUT2D eigenvalue weighted by Gasteiger charge is -2.16. The first-order valence-electron chi connectivity index (χ1n) is 7.39. The van der Waals surface area contributed by atoms with E-state index in [1.807, 2.05) is 22.9 Å². The number of nitrogens with zero attached hydrogens (tertiary/aromatic N) is 4. The van der Waals surface area contributed by atoms with E-state index in [1.54, 1.807) is 7.11 Å². The van der Waals surface area contributed by atoms with Crippen LogP contribution in [0.3, 0.4) is 0 Å². The van der Waals surface area contributed by atoms with Crippen LogP contribution in [0.1, 0.15) is 26.2 Å². The SMILES string of the molecule is COc1c(N)cccc1-c1nnnn1CC1CCCC1C. The summed E-state index contributed by atoms with van der Waals surface area (Å²) < 4.78 is 7.29. The Hall–Kier alpha value is -2.11. The normalized spacial score (nSPS) is 21.6. The number of methoxy groups -OCH3 is 1. The van der Waals surface area contributed by atoms with Crippen molar-refractivity contribution in [1.82, 2.24) is 20.2 Å². The van der Waals surface area contributed by atoms with E-state index in [1.165, 1.54) is 19.3 Å². The highest BCUT2D eigenvalue weighted by Crippen LogP contribution is 2.36. The Labute approximate surface area is 124 Å². The van der Waals surface area contributed by atoms with Gasteiger partial charge >= 0.3 is 0 Å². The van der Waals surface area contributed by atoms with Crippen LogP contribution in [0.25, 0.3) is 11.4 Å². The number of anilines is 1. The predicted molar refractivity (Wildman–Crippen MR) is 80.7 cm³/mol. The fraction of sp³-hybridized carbons (Fsp3) is 0.533. The number of rotatable bonds is 4. The molecule has 2 unspecified atom stereocenters. The monoisotopic (exact) mass is 287 g/mol. The minimum absolute atomic E-state index is 0.596. The molecule has 3 rings (SSSR count). The molecule has 2 aromatic rings. The van der Waals surface area contributed by atoms with Crippen LogP contribution in [-0.4, -0.2) is 27.3 Å². The average Bonchev–Trinajstić information content (AvgIpc) is 3.09. The van der Waals surface area contributed by atoms with Gasteiger partial charge in [-0.2, -0.15) is 0 Å². The molecule has 1 aliphatic rings. The molecule has 2 N–H and O–H groups in total. The van der Waals surface area contributed by atoms with Crippen molar-refractivity contribution in [1.29, 1.82) is 0 Å². The van der Waals surface area contributed by atoms with E-state index in [0.29, 0.717) is 17.4 Å². The molecule has 1 aromatic heterocycles. The van der Waals surface area contributed by atoms with E-state index in [4.69, 9.17) is 10.5 Å². The van der Waals surface area contributed by atoms with Crippen LogP contribution in [-0.2, 0) is 6.54 Å². The standard InChI is InChI=1S/C15H21N5O/c1-10-5-3-6-11(10)9-20-15(17-18-19-20)12-7-4-8-13(16)14(12)21-2/h4,7-8,10-11H,3,5-6,9,16H2,1-2H3. The van der Waals surface area contributed by atoms with E-state index in [2.05, 4.69) is 22.4 Å². The minimum atomic E-state index is 0.596. The second-order valence-corrected chi connectivity index (χ2v) is 5.78. The average molecular weight is 287 g/mol. The smallest absolute Gasteiger partial charge is 0.185 e. The summed E-state index contributed by atoms with van der Waals surface area (Å²) in [6.45, 7) is 3.16. The van der Waals surface area contributed by atoms with E-state index < -0.39 is 0 Å². The highest BCUT2D eigenvalue weighted by atomic mass is 16.5. The Morgan fingerprint density at radius 3 is 2.95 bits per heavy atom. The van der Waals surface area contributed by atoms with Gasteiger partial charge in [0.05, 0.1) is 18.4 Å². The Bertz CT molecular complexity index is 624. The number of nitrogens with two attached hydrogens (primary N) is 1. The zero-order valence-electron chi connectivity index (χ0n) is 12.5. The maximum absolute atomic E-state index is 5.97. The lowest BCUT2D eigenvalue weighted by molar-refractivity contribution is 0.345. The summed E-state index contributed by atoms with van der Waals surface area (Å²) in [6.07, 6.45) is 3.84. The molecule has 6 heteroatoms. The Morgan fingerprint density at radius 1 is 1.38 bits per heavy atom. The Kier molecular flexibility index (Phi) is 3.77. The number of hydrogen-bond donors (Lipinski definition) is 1. The molecule has 0 saturated heterocycles. The lowest BCUT2D eigenvalue weighted by Crippen LogP contribution is -2.15. The summed E-state index contributed by atoms with van der Waals surface area (Å²) in [5.74, 6) is 2.72. The quantitative estimate of drug-likeness (QED) is 0.873. The molecule has 6 nitrogen and oxygen atoms in total. The molecular weight excluding hydrogens is 266 g/mol. The Balaban J connectivity index is 1.94. The molecule has 1 saturated carbocycles. The van der Waals surface area contributed by atoms with Crippen molar-refractivity contribution in [2.75, 3.05) is 12.8 Å². The number of aromatic nitrogens is 4. The van der Waals surface area contributed by atoms with Gasteiger partial charge in [0.15, 0.2) is 11.6 Å². The summed E-state index contributed by atoms with van der Waals surface area (Å²) in [5, 5.41) is 12.2. The van der Waals surface area contributed by atoms with Crippen molar-refractivity contribution in [2.45, 2.75) is 32.7 Å². The zero-order valence-corrected chi connectivity index (χ0v) is 12.5. The molecule has 1 heterocycles. The number of para-hydroxylation sites is 1. The minimum Gasteiger partial charge on any atom is -0.494 e. The second kappa shape index (κ2) is 5.71. The number of tetrazole rings is 1. The van der Waals surface area contributed by atoms with Crippen LogP contribution in [0, 0.1) is 11.8 Å². The van der Waals surface area contributed by atoms with Crippen molar-refractivity contribution in [3.63, 3.8) is 0 Å². The lowest BCUT2D eigenvalue weighted by atomic mass is 9.98. The Morgan fingerprint density at radius 2 is 2.24 bits per heavy atom. The van der Waals surface area contributed by atoms with Gasteiger partial charge in [-0.15, -0.1) is 5.10 Å². The summed E-state index contributed by atoms with van der Waals surface area (Å²) in [7, 11) is 1.61. The van der Waals surface area contributed by atoms with Gasteiger partial charge in [-0.1, -0.05) is 25.8 Å². The topological polar surface area (TPSA) is 78.8 Å². The predicted octanol–water partition coefficient (Wildman–Crippen LogP) is 2.37. The number of ether oxygens (including phenoxy) is 1. The van der Waals surface area contributed by atoms with Gasteiger partial charge in [-0.25, -0.2) is 4.68 Å². The van der Waals surface area contributed by atoms with Gasteiger partial charge in [-0.3, -0.25) is 0 Å². The highest BCUT2D eigenvalue weighted by molar-refractivity contribution is 5.73. The van der Waals surface area contributed by atoms with E-state index >= 15 is 0 Å². The molecule has 1 aromatic carbocycles. The van der Waals surface area contributed by atoms with Crippen LogP contribution >= 0.6 is 0 Å². The first kappa shape index (κ1) is 13.9. The summed E-state index contributed by atoms with van der Waals surface area (Å²) in [6, 6.07) is 5.65. The van der Waals surface area contributed by atoms with Crippen molar-refractivity contribution >= 4 is 5.69 Å². The molecular formula is C15H21N5O. The van der Waals surface area contributed by atoms with Crippen LogP contribution in [0.4, 0.5) is 5.69 Å². The third-order valence-corrected chi connectivity index (χ3v) is 4.47. The molecule has 1 fully saturated rings. The first-order chi connectivity index (χ1) is 10.2. The van der Waals surface area contributed by atoms with Crippen molar-refractivity contribution in [3.05, 3.63) is 18.2 Å². The maximum Gasteiger partial charge on any atom is 0.185 e. The largest absolute Gasteiger partial charge is 0.494 e. The number of hydrogen-bond acceptors (Lipinski definition) is 5. The van der Waals surface area contributed by atoms with E-state index in [-0.39, 0.29) is 0 Å². The number of nitrogen functional groups attached to an aromatic ring is 1. The van der Waals surface area contributed by atoms with Crippen molar-refractivity contribution in [3.8, 4) is 17.1 Å². The summed E-state index contributed by atoms with van der Waals surface area (Å²) in [5.41, 5.74) is 7.41.